The van der Waals surface area contributed by atoms with E-state index in [-0.39, 0.29) is 10.9 Å². The van der Waals surface area contributed by atoms with E-state index in [1.54, 1.807) is 38.1 Å². The van der Waals surface area contributed by atoms with E-state index in [0.717, 1.165) is 0 Å². The molecule has 0 aromatic heterocycles. The van der Waals surface area contributed by atoms with Crippen LogP contribution in [0, 0.1) is 0 Å². The predicted octanol–water partition coefficient (Wildman–Crippen LogP) is 2.02. The van der Waals surface area contributed by atoms with Gasteiger partial charge in [0.1, 0.15) is 0 Å². The Balaban J connectivity index is 3.21. The second kappa shape index (κ2) is 4.59. The summed E-state index contributed by atoms with van der Waals surface area (Å²) >= 11 is 0. The van der Waals surface area contributed by atoms with Crippen molar-refractivity contribution in [3.8, 4) is 0 Å². The van der Waals surface area contributed by atoms with Crippen LogP contribution in [0.15, 0.2) is 35.7 Å². The largest absolute Gasteiger partial charge is 0.241 e. The summed E-state index contributed by atoms with van der Waals surface area (Å²) in [5.41, 5.74) is 0.616. The zero-order chi connectivity index (χ0) is 11.5. The van der Waals surface area contributed by atoms with Crippen LogP contribution in [0.1, 0.15) is 19.4 Å². The third kappa shape index (κ3) is 2.91. The molecule has 0 fully saturated rings. The summed E-state index contributed by atoms with van der Waals surface area (Å²) in [5, 5.41) is 0. The standard InChI is InChI=1S/C11H15NO2S/c1-4-10-7-5-6-8-11(10)15(13,14)12-9(2)3/h4-9,12H,1H2,2-3H3. The number of sulfonamides is 1. The van der Waals surface area contributed by atoms with Crippen molar-refractivity contribution in [2.45, 2.75) is 24.8 Å². The van der Waals surface area contributed by atoms with E-state index in [2.05, 4.69) is 11.3 Å². The molecule has 0 spiro atoms. The van der Waals surface area contributed by atoms with Crippen LogP contribution in [-0.2, 0) is 10.0 Å². The number of hydrogen-bond acceptors (Lipinski definition) is 2. The van der Waals surface area contributed by atoms with Crippen molar-refractivity contribution in [2.75, 3.05) is 0 Å². The molecule has 0 aliphatic heterocycles. The molecule has 4 heteroatoms. The Bertz CT molecular complexity index is 449. The predicted molar refractivity (Wildman–Crippen MR) is 62.0 cm³/mol. The molecule has 1 aromatic rings. The quantitative estimate of drug-likeness (QED) is 0.852. The van der Waals surface area contributed by atoms with Gasteiger partial charge < -0.3 is 0 Å². The van der Waals surface area contributed by atoms with E-state index in [9.17, 15) is 8.42 Å². The molecule has 1 rings (SSSR count). The van der Waals surface area contributed by atoms with Gasteiger partial charge in [-0.25, -0.2) is 13.1 Å². The Labute approximate surface area is 90.9 Å². The lowest BCUT2D eigenvalue weighted by atomic mass is 10.2. The first-order valence-corrected chi connectivity index (χ1v) is 6.19. The second-order valence-corrected chi connectivity index (χ2v) is 5.20. The van der Waals surface area contributed by atoms with E-state index >= 15 is 0 Å². The van der Waals surface area contributed by atoms with Crippen LogP contribution in [0.5, 0.6) is 0 Å². The fourth-order valence-corrected chi connectivity index (χ4v) is 2.73. The Morgan fingerprint density at radius 3 is 2.47 bits per heavy atom. The lowest BCUT2D eigenvalue weighted by Crippen LogP contribution is -2.30. The zero-order valence-corrected chi connectivity index (χ0v) is 9.71. The minimum absolute atomic E-state index is 0.118. The highest BCUT2D eigenvalue weighted by molar-refractivity contribution is 7.89. The molecular weight excluding hydrogens is 210 g/mol. The molecule has 0 unspecified atom stereocenters. The highest BCUT2D eigenvalue weighted by atomic mass is 32.2. The van der Waals surface area contributed by atoms with Gasteiger partial charge in [-0.3, -0.25) is 0 Å². The third-order valence-electron chi connectivity index (χ3n) is 1.82. The van der Waals surface area contributed by atoms with Crippen LogP contribution in [-0.4, -0.2) is 14.5 Å². The molecule has 82 valence electrons. The fourth-order valence-electron chi connectivity index (χ4n) is 1.27. The normalized spacial score (nSPS) is 11.7. The number of benzene rings is 1. The van der Waals surface area contributed by atoms with Crippen LogP contribution < -0.4 is 4.72 Å². The summed E-state index contributed by atoms with van der Waals surface area (Å²) in [7, 11) is -3.42. The van der Waals surface area contributed by atoms with Gasteiger partial charge in [0, 0.05) is 6.04 Å². The van der Waals surface area contributed by atoms with E-state index in [1.807, 2.05) is 0 Å². The van der Waals surface area contributed by atoms with Gasteiger partial charge in [-0.15, -0.1) is 0 Å². The minimum Gasteiger partial charge on any atom is -0.209 e. The van der Waals surface area contributed by atoms with E-state index in [1.165, 1.54) is 6.08 Å². The van der Waals surface area contributed by atoms with Crippen LogP contribution in [0.3, 0.4) is 0 Å². The van der Waals surface area contributed by atoms with Crippen LogP contribution in [0.25, 0.3) is 6.08 Å². The lowest BCUT2D eigenvalue weighted by molar-refractivity contribution is 0.569. The maximum atomic E-state index is 11.9. The molecule has 1 aromatic carbocycles. The summed E-state index contributed by atoms with van der Waals surface area (Å²) in [6, 6.07) is 6.66. The highest BCUT2D eigenvalue weighted by Crippen LogP contribution is 2.16. The Morgan fingerprint density at radius 2 is 1.93 bits per heavy atom. The summed E-state index contributed by atoms with van der Waals surface area (Å²) in [5.74, 6) is 0. The van der Waals surface area contributed by atoms with Crippen molar-refractivity contribution in [3.05, 3.63) is 36.4 Å². The molecule has 0 radical (unpaired) electrons. The highest BCUT2D eigenvalue weighted by Gasteiger charge is 2.17. The van der Waals surface area contributed by atoms with Crippen LogP contribution in [0.4, 0.5) is 0 Å². The van der Waals surface area contributed by atoms with Gasteiger partial charge in [0.2, 0.25) is 10.0 Å². The Morgan fingerprint density at radius 1 is 1.33 bits per heavy atom. The fraction of sp³-hybridized carbons (Fsp3) is 0.273. The molecule has 1 N–H and O–H groups in total. The van der Waals surface area contributed by atoms with Crippen molar-refractivity contribution in [1.29, 1.82) is 0 Å². The van der Waals surface area contributed by atoms with Gasteiger partial charge in [-0.1, -0.05) is 30.9 Å². The topological polar surface area (TPSA) is 46.2 Å². The van der Waals surface area contributed by atoms with Crippen molar-refractivity contribution >= 4 is 16.1 Å². The first-order valence-electron chi connectivity index (χ1n) is 4.71. The van der Waals surface area contributed by atoms with Crippen LogP contribution in [0.2, 0.25) is 0 Å². The molecule has 0 atom stereocenters. The van der Waals surface area contributed by atoms with E-state index in [0.29, 0.717) is 5.56 Å². The molecule has 3 nitrogen and oxygen atoms in total. The second-order valence-electron chi connectivity index (χ2n) is 3.52. The molecule has 0 amide bonds. The summed E-state index contributed by atoms with van der Waals surface area (Å²) < 4.78 is 26.3. The molecule has 0 saturated carbocycles. The van der Waals surface area contributed by atoms with Gasteiger partial charge in [-0.2, -0.15) is 0 Å². The number of rotatable bonds is 4. The molecule has 0 heterocycles. The lowest BCUT2D eigenvalue weighted by Gasteiger charge is -2.11. The van der Waals surface area contributed by atoms with Crippen molar-refractivity contribution < 1.29 is 8.42 Å². The monoisotopic (exact) mass is 225 g/mol. The number of hydrogen-bond donors (Lipinski definition) is 1. The van der Waals surface area contributed by atoms with Crippen molar-refractivity contribution in [3.63, 3.8) is 0 Å². The van der Waals surface area contributed by atoms with Crippen LogP contribution >= 0.6 is 0 Å². The maximum Gasteiger partial charge on any atom is 0.241 e. The van der Waals surface area contributed by atoms with Gasteiger partial charge in [0.05, 0.1) is 4.90 Å². The summed E-state index contributed by atoms with van der Waals surface area (Å²) in [6.07, 6.45) is 1.54. The number of nitrogens with one attached hydrogen (secondary N) is 1. The molecule has 15 heavy (non-hydrogen) atoms. The third-order valence-corrected chi connectivity index (χ3v) is 3.55. The minimum atomic E-state index is -3.42. The van der Waals surface area contributed by atoms with E-state index in [4.69, 9.17) is 0 Å². The smallest absolute Gasteiger partial charge is 0.209 e. The SMILES string of the molecule is C=Cc1ccccc1S(=O)(=O)NC(C)C. The van der Waals surface area contributed by atoms with Crippen molar-refractivity contribution in [1.82, 2.24) is 4.72 Å². The molecule has 0 bridgehead atoms. The van der Waals surface area contributed by atoms with Gasteiger partial charge in [0.25, 0.3) is 0 Å². The van der Waals surface area contributed by atoms with E-state index < -0.39 is 10.0 Å². The maximum absolute atomic E-state index is 11.9. The summed E-state index contributed by atoms with van der Waals surface area (Å²) in [6.45, 7) is 7.16. The molecule has 0 aliphatic carbocycles. The average molecular weight is 225 g/mol. The molecule has 0 saturated heterocycles. The van der Waals surface area contributed by atoms with Gasteiger partial charge >= 0.3 is 0 Å². The molecular formula is C11H15NO2S. The Kier molecular flexibility index (Phi) is 3.66. The van der Waals surface area contributed by atoms with Crippen molar-refractivity contribution in [2.24, 2.45) is 0 Å². The first kappa shape index (κ1) is 11.9. The first-order chi connectivity index (χ1) is 6.97. The average Bonchev–Trinajstić information content (AvgIpc) is 2.16. The Hall–Kier alpha value is -1.13. The zero-order valence-electron chi connectivity index (χ0n) is 8.90. The summed E-state index contributed by atoms with van der Waals surface area (Å²) in [4.78, 5) is 0.272. The van der Waals surface area contributed by atoms with Gasteiger partial charge in [-0.05, 0) is 25.5 Å². The molecule has 0 aliphatic rings. The van der Waals surface area contributed by atoms with Gasteiger partial charge in [0.15, 0.2) is 0 Å².